The maximum atomic E-state index is 11.5. The minimum atomic E-state index is -3.78. The number of nitrogen functional groups attached to an aromatic ring is 1. The molecule has 0 aliphatic heterocycles. The average molecular weight is 317 g/mol. The van der Waals surface area contributed by atoms with E-state index in [4.69, 9.17) is 20.3 Å². The zero-order valence-electron chi connectivity index (χ0n) is 12.6. The molecular formula is C13H23N3O4S. The first kappa shape index (κ1) is 17.7. The van der Waals surface area contributed by atoms with Gasteiger partial charge >= 0.3 is 0 Å². The fraction of sp³-hybridized carbons (Fsp3) is 0.538. The van der Waals surface area contributed by atoms with Crippen LogP contribution in [-0.4, -0.2) is 48.4 Å². The summed E-state index contributed by atoms with van der Waals surface area (Å²) in [5.74, 6) is 0. The highest BCUT2D eigenvalue weighted by Gasteiger charge is 2.19. The molecule has 7 nitrogen and oxygen atoms in total. The van der Waals surface area contributed by atoms with Crippen molar-refractivity contribution in [1.82, 2.24) is 0 Å². The summed E-state index contributed by atoms with van der Waals surface area (Å²) in [6, 6.07) is 4.41. The number of anilines is 2. The number of hydrogen-bond acceptors (Lipinski definition) is 6. The third-order valence-electron chi connectivity index (χ3n) is 3.12. The number of rotatable bonds is 8. The van der Waals surface area contributed by atoms with Gasteiger partial charge in [-0.25, -0.2) is 13.6 Å². The van der Waals surface area contributed by atoms with Crippen LogP contribution in [0.5, 0.6) is 0 Å². The van der Waals surface area contributed by atoms with Crippen LogP contribution in [0.1, 0.15) is 6.92 Å². The Morgan fingerprint density at radius 2 is 1.95 bits per heavy atom. The largest absolute Gasteiger partial charge is 0.397 e. The van der Waals surface area contributed by atoms with E-state index in [1.54, 1.807) is 14.2 Å². The second-order valence-corrected chi connectivity index (χ2v) is 6.32. The van der Waals surface area contributed by atoms with Gasteiger partial charge in [0.2, 0.25) is 10.0 Å². The smallest absolute Gasteiger partial charge is 0.238 e. The molecule has 0 saturated carbocycles. The molecule has 0 fully saturated rings. The van der Waals surface area contributed by atoms with Crippen LogP contribution in [0.15, 0.2) is 23.1 Å². The second-order valence-electron chi connectivity index (χ2n) is 4.76. The molecule has 21 heavy (non-hydrogen) atoms. The number of nitrogens with two attached hydrogens (primary N) is 2. The van der Waals surface area contributed by atoms with Gasteiger partial charge in [-0.1, -0.05) is 0 Å². The molecule has 1 unspecified atom stereocenters. The van der Waals surface area contributed by atoms with Crippen molar-refractivity contribution in [2.75, 3.05) is 44.6 Å². The van der Waals surface area contributed by atoms with Gasteiger partial charge in [0.1, 0.15) is 0 Å². The van der Waals surface area contributed by atoms with Crippen molar-refractivity contribution in [3.05, 3.63) is 18.2 Å². The summed E-state index contributed by atoms with van der Waals surface area (Å²) in [4.78, 5) is 1.97. The molecule has 1 aromatic carbocycles. The normalized spacial score (nSPS) is 13.1. The van der Waals surface area contributed by atoms with Crippen LogP contribution in [0.2, 0.25) is 0 Å². The maximum absolute atomic E-state index is 11.5. The minimum Gasteiger partial charge on any atom is -0.397 e. The topological polar surface area (TPSA) is 108 Å². The molecule has 0 aromatic heterocycles. The van der Waals surface area contributed by atoms with Gasteiger partial charge in [-0.3, -0.25) is 0 Å². The Balaban J connectivity index is 3.22. The van der Waals surface area contributed by atoms with Gasteiger partial charge in [-0.15, -0.1) is 0 Å². The zero-order chi connectivity index (χ0) is 16.0. The zero-order valence-corrected chi connectivity index (χ0v) is 13.4. The number of methoxy groups -OCH3 is 2. The van der Waals surface area contributed by atoms with Crippen molar-refractivity contribution in [2.45, 2.75) is 17.9 Å². The van der Waals surface area contributed by atoms with E-state index in [1.807, 2.05) is 11.8 Å². The van der Waals surface area contributed by atoms with Crippen LogP contribution in [-0.2, 0) is 19.5 Å². The van der Waals surface area contributed by atoms with Gasteiger partial charge in [0.05, 0.1) is 29.5 Å². The minimum absolute atomic E-state index is 0.00294. The first-order valence-corrected chi connectivity index (χ1v) is 8.02. The average Bonchev–Trinajstić information content (AvgIpc) is 2.40. The van der Waals surface area contributed by atoms with Crippen LogP contribution >= 0.6 is 0 Å². The van der Waals surface area contributed by atoms with E-state index in [9.17, 15) is 8.42 Å². The van der Waals surface area contributed by atoms with Crippen LogP contribution in [0.3, 0.4) is 0 Å². The molecule has 1 rings (SSSR count). The molecule has 0 amide bonds. The maximum Gasteiger partial charge on any atom is 0.238 e. The summed E-state index contributed by atoms with van der Waals surface area (Å²) < 4.78 is 33.2. The van der Waals surface area contributed by atoms with Crippen LogP contribution < -0.4 is 15.8 Å². The Kier molecular flexibility index (Phi) is 6.41. The van der Waals surface area contributed by atoms with Crippen molar-refractivity contribution in [3.8, 4) is 0 Å². The summed E-state index contributed by atoms with van der Waals surface area (Å²) in [6.07, 6.45) is 0. The van der Waals surface area contributed by atoms with E-state index in [2.05, 4.69) is 0 Å². The lowest BCUT2D eigenvalue weighted by Crippen LogP contribution is -2.39. The van der Waals surface area contributed by atoms with Crippen molar-refractivity contribution >= 4 is 21.4 Å². The predicted molar refractivity (Wildman–Crippen MR) is 82.8 cm³/mol. The molecule has 120 valence electrons. The van der Waals surface area contributed by atoms with Gasteiger partial charge in [-0.2, -0.15) is 0 Å². The predicted octanol–water partition coefficient (Wildman–Crippen LogP) is 0.404. The fourth-order valence-electron chi connectivity index (χ4n) is 2.05. The number of primary sulfonamides is 1. The summed E-state index contributed by atoms with van der Waals surface area (Å²) in [5.41, 5.74) is 7.05. The monoisotopic (exact) mass is 317 g/mol. The summed E-state index contributed by atoms with van der Waals surface area (Å²) in [6.45, 7) is 3.47. The SMILES string of the molecule is COCCN(c1cc(S(N)(=O)=O)ccc1N)C(C)COC. The lowest BCUT2D eigenvalue weighted by molar-refractivity contribution is 0.171. The number of benzene rings is 1. The third-order valence-corrected chi connectivity index (χ3v) is 4.03. The van der Waals surface area contributed by atoms with Crippen molar-refractivity contribution in [1.29, 1.82) is 0 Å². The molecule has 0 aliphatic carbocycles. The standard InChI is InChI=1S/C13H23N3O4S/c1-10(9-20-3)16(6-7-19-2)13-8-11(21(15,17)18)4-5-12(13)14/h4-5,8,10H,6-7,9,14H2,1-3H3,(H2,15,17,18). The van der Waals surface area contributed by atoms with Gasteiger partial charge < -0.3 is 20.1 Å². The van der Waals surface area contributed by atoms with Crippen LogP contribution in [0.25, 0.3) is 0 Å². The molecule has 4 N–H and O–H groups in total. The fourth-order valence-corrected chi connectivity index (χ4v) is 2.58. The van der Waals surface area contributed by atoms with Gasteiger partial charge in [0.25, 0.3) is 0 Å². The van der Waals surface area contributed by atoms with Crippen LogP contribution in [0, 0.1) is 0 Å². The lowest BCUT2D eigenvalue weighted by atomic mass is 10.2. The second kappa shape index (κ2) is 7.60. The first-order valence-electron chi connectivity index (χ1n) is 6.48. The highest BCUT2D eigenvalue weighted by atomic mass is 32.2. The molecule has 0 aliphatic rings. The van der Waals surface area contributed by atoms with Gasteiger partial charge in [0.15, 0.2) is 0 Å². The summed E-state index contributed by atoms with van der Waals surface area (Å²) in [7, 11) is -0.572. The van der Waals surface area contributed by atoms with Crippen molar-refractivity contribution in [2.24, 2.45) is 5.14 Å². The third kappa shape index (κ3) is 4.85. The molecular weight excluding hydrogens is 294 g/mol. The summed E-state index contributed by atoms with van der Waals surface area (Å²) in [5, 5.41) is 5.17. The molecule has 0 radical (unpaired) electrons. The first-order chi connectivity index (χ1) is 9.81. The Labute approximate surface area is 125 Å². The molecule has 1 atom stereocenters. The molecule has 0 spiro atoms. The quantitative estimate of drug-likeness (QED) is 0.672. The Hall–Kier alpha value is -1.35. The lowest BCUT2D eigenvalue weighted by Gasteiger charge is -2.32. The Morgan fingerprint density at radius 1 is 1.29 bits per heavy atom. The van der Waals surface area contributed by atoms with Crippen molar-refractivity contribution in [3.63, 3.8) is 0 Å². The Bertz CT molecular complexity index is 563. The highest BCUT2D eigenvalue weighted by molar-refractivity contribution is 7.89. The van der Waals surface area contributed by atoms with E-state index < -0.39 is 10.0 Å². The van der Waals surface area contributed by atoms with E-state index >= 15 is 0 Å². The number of nitrogens with zero attached hydrogens (tertiary/aromatic N) is 1. The molecule has 0 bridgehead atoms. The molecule has 1 aromatic rings. The van der Waals surface area contributed by atoms with Gasteiger partial charge in [0, 0.05) is 26.8 Å². The number of ether oxygens (including phenoxy) is 2. The van der Waals surface area contributed by atoms with E-state index in [0.717, 1.165) is 0 Å². The summed E-state index contributed by atoms with van der Waals surface area (Å²) >= 11 is 0. The molecule has 0 saturated heterocycles. The van der Waals surface area contributed by atoms with E-state index in [-0.39, 0.29) is 10.9 Å². The van der Waals surface area contributed by atoms with Crippen molar-refractivity contribution < 1.29 is 17.9 Å². The Morgan fingerprint density at radius 3 is 2.48 bits per heavy atom. The molecule has 8 heteroatoms. The van der Waals surface area contributed by atoms with E-state index in [0.29, 0.717) is 31.1 Å². The molecule has 0 heterocycles. The number of sulfonamides is 1. The van der Waals surface area contributed by atoms with Gasteiger partial charge in [-0.05, 0) is 25.1 Å². The highest BCUT2D eigenvalue weighted by Crippen LogP contribution is 2.28. The van der Waals surface area contributed by atoms with E-state index in [1.165, 1.54) is 18.2 Å². The number of hydrogen-bond donors (Lipinski definition) is 2. The van der Waals surface area contributed by atoms with Crippen LogP contribution in [0.4, 0.5) is 11.4 Å².